The molecule has 0 aliphatic rings. The molecular weight excluding hydrogens is 395 g/mol. The Bertz CT molecular complexity index is 577. The van der Waals surface area contributed by atoms with Gasteiger partial charge in [-0.2, -0.15) is 8.42 Å². The van der Waals surface area contributed by atoms with Crippen molar-refractivity contribution in [1.29, 1.82) is 0 Å². The van der Waals surface area contributed by atoms with E-state index in [0.29, 0.717) is 6.42 Å². The number of hydrogen-bond acceptors (Lipinski definition) is 4. The fourth-order valence-electron chi connectivity index (χ4n) is 3.38. The maximum atomic E-state index is 11.8. The van der Waals surface area contributed by atoms with Gasteiger partial charge in [-0.15, -0.1) is 6.58 Å². The zero-order valence-electron chi connectivity index (χ0n) is 16.2. The zero-order chi connectivity index (χ0) is 20.9. The molecule has 160 valence electrons. The van der Waals surface area contributed by atoms with Crippen molar-refractivity contribution in [1.82, 2.24) is 0 Å². The third-order valence-electron chi connectivity index (χ3n) is 4.99. The minimum absolute atomic E-state index is 0. The predicted molar refractivity (Wildman–Crippen MR) is 111 cm³/mol. The van der Waals surface area contributed by atoms with Gasteiger partial charge >= 0.3 is 41.5 Å². The molecule has 7 nitrogen and oxygen atoms in total. The van der Waals surface area contributed by atoms with Crippen LogP contribution in [0.5, 0.6) is 0 Å². The SMILES string of the molecule is C=CC(CCCCCCCCCCCC)C(CC(=O)O)(C(=O)O)S(=O)(=O)O.[NaH]. The van der Waals surface area contributed by atoms with Gasteiger partial charge in [0.2, 0.25) is 4.75 Å². The van der Waals surface area contributed by atoms with Crippen molar-refractivity contribution in [2.75, 3.05) is 0 Å². The van der Waals surface area contributed by atoms with Crippen LogP contribution in [0.3, 0.4) is 0 Å². The van der Waals surface area contributed by atoms with Crippen LogP contribution in [-0.4, -0.2) is 69.4 Å². The van der Waals surface area contributed by atoms with Crippen molar-refractivity contribution < 1.29 is 32.8 Å². The van der Waals surface area contributed by atoms with Crippen LogP contribution in [0, 0.1) is 5.92 Å². The van der Waals surface area contributed by atoms with Gasteiger partial charge in [-0.25, -0.2) is 0 Å². The van der Waals surface area contributed by atoms with Gasteiger partial charge in [0, 0.05) is 5.92 Å². The standard InChI is InChI=1S/C19H34O7S.Na.H/c1-3-5-6-7-8-9-10-11-12-13-14-16(4-2)19(18(22)23,15-17(20)21)27(24,25)26;;/h4,16H,2-3,5-15H2,1H3,(H,20,21)(H,22,23)(H,24,25,26);;. The summed E-state index contributed by atoms with van der Waals surface area (Å²) in [5.74, 6) is -4.66. The first-order valence-corrected chi connectivity index (χ1v) is 11.1. The quantitative estimate of drug-likeness (QED) is 0.139. The molecule has 0 aromatic rings. The van der Waals surface area contributed by atoms with Crippen LogP contribution in [0.15, 0.2) is 12.7 Å². The van der Waals surface area contributed by atoms with Gasteiger partial charge in [0.1, 0.15) is 0 Å². The number of hydrogen-bond donors (Lipinski definition) is 3. The van der Waals surface area contributed by atoms with Crippen molar-refractivity contribution in [3.8, 4) is 0 Å². The molecule has 0 fully saturated rings. The Morgan fingerprint density at radius 1 is 0.964 bits per heavy atom. The second-order valence-electron chi connectivity index (χ2n) is 7.05. The summed E-state index contributed by atoms with van der Waals surface area (Å²) in [6, 6.07) is 0. The fraction of sp³-hybridized carbons (Fsp3) is 0.789. The van der Waals surface area contributed by atoms with Crippen LogP contribution < -0.4 is 0 Å². The Morgan fingerprint density at radius 2 is 1.39 bits per heavy atom. The summed E-state index contributed by atoms with van der Waals surface area (Å²) in [7, 11) is -5.15. The first-order chi connectivity index (χ1) is 12.6. The molecule has 0 saturated carbocycles. The van der Waals surface area contributed by atoms with Gasteiger partial charge in [-0.1, -0.05) is 77.2 Å². The molecule has 28 heavy (non-hydrogen) atoms. The van der Waals surface area contributed by atoms with E-state index < -0.39 is 39.1 Å². The molecule has 0 spiro atoms. The Kier molecular flexibility index (Phi) is 16.4. The number of carboxylic acid groups (broad SMARTS) is 2. The van der Waals surface area contributed by atoms with Crippen LogP contribution >= 0.6 is 0 Å². The second kappa shape index (κ2) is 15.4. The Hall–Kier alpha value is -0.410. The Labute approximate surface area is 191 Å². The van der Waals surface area contributed by atoms with E-state index in [1.54, 1.807) is 0 Å². The predicted octanol–water partition coefficient (Wildman–Crippen LogP) is 3.64. The van der Waals surface area contributed by atoms with Crippen LogP contribution in [0.2, 0.25) is 0 Å². The normalized spacial score (nSPS) is 14.5. The van der Waals surface area contributed by atoms with Crippen LogP contribution in [-0.2, 0) is 19.7 Å². The molecule has 0 aliphatic heterocycles. The van der Waals surface area contributed by atoms with E-state index in [9.17, 15) is 27.7 Å². The van der Waals surface area contributed by atoms with Crippen molar-refractivity contribution in [2.45, 2.75) is 88.7 Å². The average Bonchev–Trinajstić information content (AvgIpc) is 2.56. The minimum atomic E-state index is -5.15. The molecule has 0 radical (unpaired) electrons. The number of carbonyl (C=O) groups is 2. The molecule has 0 rings (SSSR count). The van der Waals surface area contributed by atoms with Crippen LogP contribution in [0.1, 0.15) is 84.0 Å². The molecule has 3 N–H and O–H groups in total. The number of rotatable bonds is 17. The molecule has 9 heteroatoms. The first-order valence-electron chi connectivity index (χ1n) is 9.68. The van der Waals surface area contributed by atoms with E-state index in [-0.39, 0.29) is 36.0 Å². The summed E-state index contributed by atoms with van der Waals surface area (Å²) in [4.78, 5) is 22.7. The van der Waals surface area contributed by atoms with Gasteiger partial charge in [-0.3, -0.25) is 14.1 Å². The summed E-state index contributed by atoms with van der Waals surface area (Å²) >= 11 is 0. The van der Waals surface area contributed by atoms with Gasteiger partial charge < -0.3 is 10.2 Å². The average molecular weight is 431 g/mol. The van der Waals surface area contributed by atoms with Gasteiger partial charge in [-0.05, 0) is 6.42 Å². The summed E-state index contributed by atoms with van der Waals surface area (Å²) in [6.45, 7) is 5.64. The molecular formula is C19H35NaO7S. The number of unbranched alkanes of at least 4 members (excludes halogenated alkanes) is 9. The van der Waals surface area contributed by atoms with Crippen molar-refractivity contribution >= 4 is 51.6 Å². The van der Waals surface area contributed by atoms with Crippen molar-refractivity contribution in [3.63, 3.8) is 0 Å². The monoisotopic (exact) mass is 430 g/mol. The Balaban J connectivity index is 0. The van der Waals surface area contributed by atoms with Crippen molar-refractivity contribution in [2.24, 2.45) is 5.92 Å². The molecule has 0 bridgehead atoms. The topological polar surface area (TPSA) is 129 Å². The van der Waals surface area contributed by atoms with Gasteiger partial charge in [0.15, 0.2) is 0 Å². The van der Waals surface area contributed by atoms with Gasteiger partial charge in [0.25, 0.3) is 10.1 Å². The molecule has 2 unspecified atom stereocenters. The van der Waals surface area contributed by atoms with E-state index in [1.165, 1.54) is 32.1 Å². The molecule has 0 saturated heterocycles. The second-order valence-corrected chi connectivity index (χ2v) is 8.73. The fourth-order valence-corrected chi connectivity index (χ4v) is 4.50. The number of aliphatic carboxylic acids is 2. The van der Waals surface area contributed by atoms with Crippen LogP contribution in [0.25, 0.3) is 0 Å². The molecule has 0 aromatic heterocycles. The van der Waals surface area contributed by atoms with Crippen molar-refractivity contribution in [3.05, 3.63) is 12.7 Å². The molecule has 0 heterocycles. The summed E-state index contributed by atoms with van der Waals surface area (Å²) in [6.07, 6.45) is 10.7. The molecule has 2 atom stereocenters. The Morgan fingerprint density at radius 3 is 1.71 bits per heavy atom. The summed E-state index contributed by atoms with van der Waals surface area (Å²) in [5.41, 5.74) is 0. The van der Waals surface area contributed by atoms with Crippen LogP contribution in [0.4, 0.5) is 0 Å². The van der Waals surface area contributed by atoms with E-state index in [4.69, 9.17) is 5.11 Å². The molecule has 0 aromatic carbocycles. The van der Waals surface area contributed by atoms with E-state index in [1.807, 2.05) is 0 Å². The summed E-state index contributed by atoms with van der Waals surface area (Å²) in [5, 5.41) is 18.4. The van der Waals surface area contributed by atoms with Gasteiger partial charge in [0.05, 0.1) is 6.42 Å². The zero-order valence-corrected chi connectivity index (χ0v) is 17.0. The number of carboxylic acids is 2. The first kappa shape index (κ1) is 29.8. The number of allylic oxidation sites excluding steroid dienone is 1. The third-order valence-corrected chi connectivity index (χ3v) is 6.53. The maximum absolute atomic E-state index is 11.8. The van der Waals surface area contributed by atoms with E-state index >= 15 is 0 Å². The molecule has 0 aliphatic carbocycles. The van der Waals surface area contributed by atoms with E-state index in [2.05, 4.69) is 13.5 Å². The van der Waals surface area contributed by atoms with E-state index in [0.717, 1.165) is 31.8 Å². The third kappa shape index (κ3) is 9.87. The summed E-state index contributed by atoms with van der Waals surface area (Å²) < 4.78 is 30.2. The molecule has 0 amide bonds.